The van der Waals surface area contributed by atoms with Crippen molar-refractivity contribution in [1.82, 2.24) is 0 Å². The molecule has 0 fully saturated rings. The van der Waals surface area contributed by atoms with E-state index in [-0.39, 0.29) is 24.8 Å². The van der Waals surface area contributed by atoms with Gasteiger partial charge in [0.1, 0.15) is 13.2 Å². The Bertz CT molecular complexity index is 215. The second kappa shape index (κ2) is 11.7. The van der Waals surface area contributed by atoms with E-state index < -0.39 is 0 Å². The zero-order valence-electron chi connectivity index (χ0n) is 10.7. The van der Waals surface area contributed by atoms with Crippen molar-refractivity contribution in [3.8, 4) is 0 Å². The lowest BCUT2D eigenvalue weighted by Gasteiger charge is -2.04. The van der Waals surface area contributed by atoms with Gasteiger partial charge in [0, 0.05) is 19.6 Å². The standard InChI is InChI=1S/C12H22O5/c1-3-15-6-4-5-12(14)10-17-8-7-16-9-11(2)13/h3-10H2,1-2H3. The van der Waals surface area contributed by atoms with Gasteiger partial charge in [-0.15, -0.1) is 0 Å². The van der Waals surface area contributed by atoms with Gasteiger partial charge in [0.05, 0.1) is 13.2 Å². The smallest absolute Gasteiger partial charge is 0.158 e. The van der Waals surface area contributed by atoms with Crippen LogP contribution in [-0.2, 0) is 23.8 Å². The van der Waals surface area contributed by atoms with Crippen LogP contribution in [0.2, 0.25) is 0 Å². The van der Waals surface area contributed by atoms with E-state index in [1.54, 1.807) is 0 Å². The molecule has 0 spiro atoms. The van der Waals surface area contributed by atoms with Gasteiger partial charge in [-0.25, -0.2) is 0 Å². The van der Waals surface area contributed by atoms with Crippen molar-refractivity contribution in [3.05, 3.63) is 0 Å². The van der Waals surface area contributed by atoms with Crippen molar-refractivity contribution in [2.24, 2.45) is 0 Å². The van der Waals surface area contributed by atoms with E-state index in [1.165, 1.54) is 6.92 Å². The van der Waals surface area contributed by atoms with Crippen LogP contribution in [0.15, 0.2) is 0 Å². The summed E-state index contributed by atoms with van der Waals surface area (Å²) in [5.41, 5.74) is 0. The Labute approximate surface area is 102 Å². The highest BCUT2D eigenvalue weighted by Crippen LogP contribution is 1.93. The van der Waals surface area contributed by atoms with E-state index in [9.17, 15) is 9.59 Å². The minimum Gasteiger partial charge on any atom is -0.382 e. The summed E-state index contributed by atoms with van der Waals surface area (Å²) in [7, 11) is 0. The van der Waals surface area contributed by atoms with Gasteiger partial charge >= 0.3 is 0 Å². The molecule has 0 aromatic carbocycles. The van der Waals surface area contributed by atoms with Crippen LogP contribution < -0.4 is 0 Å². The average Bonchev–Trinajstić information content (AvgIpc) is 2.29. The lowest BCUT2D eigenvalue weighted by atomic mass is 10.2. The molecule has 0 atom stereocenters. The number of Topliss-reactive ketones (excluding diaryl/α,β-unsaturated/α-hetero) is 2. The van der Waals surface area contributed by atoms with Gasteiger partial charge in [0.25, 0.3) is 0 Å². The molecule has 0 aromatic rings. The Hall–Kier alpha value is -0.780. The first-order valence-electron chi connectivity index (χ1n) is 5.91. The molecule has 0 saturated heterocycles. The summed E-state index contributed by atoms with van der Waals surface area (Å²) in [4.78, 5) is 21.8. The summed E-state index contributed by atoms with van der Waals surface area (Å²) >= 11 is 0. The largest absolute Gasteiger partial charge is 0.382 e. The fourth-order valence-corrected chi connectivity index (χ4v) is 1.11. The van der Waals surface area contributed by atoms with Crippen molar-refractivity contribution in [2.75, 3.05) is 39.6 Å². The van der Waals surface area contributed by atoms with E-state index >= 15 is 0 Å². The Kier molecular flexibility index (Phi) is 11.2. The van der Waals surface area contributed by atoms with Gasteiger partial charge < -0.3 is 14.2 Å². The molecule has 0 aliphatic heterocycles. The highest BCUT2D eigenvalue weighted by molar-refractivity contribution is 5.79. The molecule has 5 heteroatoms. The molecule has 0 amide bonds. The van der Waals surface area contributed by atoms with E-state index in [2.05, 4.69) is 0 Å². The van der Waals surface area contributed by atoms with Crippen molar-refractivity contribution in [2.45, 2.75) is 26.7 Å². The first-order valence-corrected chi connectivity index (χ1v) is 5.91. The van der Waals surface area contributed by atoms with Crippen LogP contribution in [-0.4, -0.2) is 51.2 Å². The van der Waals surface area contributed by atoms with Crippen LogP contribution in [0, 0.1) is 0 Å². The molecular formula is C12H22O5. The number of hydrogen-bond acceptors (Lipinski definition) is 5. The lowest BCUT2D eigenvalue weighted by Crippen LogP contribution is -2.14. The van der Waals surface area contributed by atoms with Gasteiger partial charge in [0.15, 0.2) is 11.6 Å². The second-order valence-electron chi connectivity index (χ2n) is 3.65. The molecule has 0 N–H and O–H groups in total. The van der Waals surface area contributed by atoms with Crippen LogP contribution >= 0.6 is 0 Å². The van der Waals surface area contributed by atoms with Crippen LogP contribution in [0.5, 0.6) is 0 Å². The third-order valence-electron chi connectivity index (χ3n) is 1.89. The quantitative estimate of drug-likeness (QED) is 0.481. The molecule has 0 saturated carbocycles. The molecule has 0 bridgehead atoms. The molecule has 0 aromatic heterocycles. The van der Waals surface area contributed by atoms with Gasteiger partial charge in [-0.05, 0) is 20.3 Å². The minimum atomic E-state index is -0.0167. The van der Waals surface area contributed by atoms with Crippen molar-refractivity contribution in [1.29, 1.82) is 0 Å². The summed E-state index contributed by atoms with van der Waals surface area (Å²) in [6.07, 6.45) is 1.21. The van der Waals surface area contributed by atoms with Gasteiger partial charge in [-0.2, -0.15) is 0 Å². The maximum atomic E-state index is 11.3. The van der Waals surface area contributed by atoms with E-state index in [0.717, 1.165) is 6.42 Å². The third-order valence-corrected chi connectivity index (χ3v) is 1.89. The molecule has 17 heavy (non-hydrogen) atoms. The molecule has 0 aliphatic rings. The first-order chi connectivity index (χ1) is 8.16. The topological polar surface area (TPSA) is 61.8 Å². The summed E-state index contributed by atoms with van der Waals surface area (Å²) in [5.74, 6) is 0.0493. The zero-order chi connectivity index (χ0) is 12.9. The van der Waals surface area contributed by atoms with E-state index in [1.807, 2.05) is 6.92 Å². The third kappa shape index (κ3) is 13.2. The fourth-order valence-electron chi connectivity index (χ4n) is 1.11. The van der Waals surface area contributed by atoms with E-state index in [0.29, 0.717) is 32.8 Å². The number of rotatable bonds is 12. The number of carbonyl (C=O) groups excluding carboxylic acids is 2. The molecule has 100 valence electrons. The minimum absolute atomic E-state index is 0.0167. The van der Waals surface area contributed by atoms with E-state index in [4.69, 9.17) is 14.2 Å². The highest BCUT2D eigenvalue weighted by Gasteiger charge is 2.02. The van der Waals surface area contributed by atoms with Gasteiger partial charge in [-0.3, -0.25) is 9.59 Å². The zero-order valence-corrected chi connectivity index (χ0v) is 10.7. The van der Waals surface area contributed by atoms with Crippen molar-refractivity contribution < 1.29 is 23.8 Å². The SMILES string of the molecule is CCOCCCC(=O)COCCOCC(C)=O. The normalized spacial score (nSPS) is 10.5. The number of hydrogen-bond donors (Lipinski definition) is 0. The Morgan fingerprint density at radius 2 is 1.59 bits per heavy atom. The van der Waals surface area contributed by atoms with Crippen LogP contribution in [0.25, 0.3) is 0 Å². The Morgan fingerprint density at radius 3 is 2.18 bits per heavy atom. The van der Waals surface area contributed by atoms with Crippen LogP contribution in [0.4, 0.5) is 0 Å². The fraction of sp³-hybridized carbons (Fsp3) is 0.833. The molecule has 0 heterocycles. The molecule has 0 rings (SSSR count). The number of ketones is 2. The molecular weight excluding hydrogens is 224 g/mol. The van der Waals surface area contributed by atoms with Crippen molar-refractivity contribution in [3.63, 3.8) is 0 Å². The number of ether oxygens (including phenoxy) is 3. The summed E-state index contributed by atoms with van der Waals surface area (Å²) < 4.78 is 15.2. The average molecular weight is 246 g/mol. The van der Waals surface area contributed by atoms with Gasteiger partial charge in [0.2, 0.25) is 0 Å². The highest BCUT2D eigenvalue weighted by atomic mass is 16.5. The molecule has 0 unspecified atom stereocenters. The van der Waals surface area contributed by atoms with Crippen LogP contribution in [0.1, 0.15) is 26.7 Å². The Balaban J connectivity index is 3.19. The molecule has 5 nitrogen and oxygen atoms in total. The summed E-state index contributed by atoms with van der Waals surface area (Å²) in [6, 6.07) is 0. The lowest BCUT2D eigenvalue weighted by molar-refractivity contribution is -0.126. The molecule has 0 aliphatic carbocycles. The summed E-state index contributed by atoms with van der Waals surface area (Å²) in [5, 5.41) is 0. The predicted molar refractivity (Wildman–Crippen MR) is 63.1 cm³/mol. The number of carbonyl (C=O) groups is 2. The van der Waals surface area contributed by atoms with Crippen molar-refractivity contribution >= 4 is 11.6 Å². The maximum Gasteiger partial charge on any atom is 0.158 e. The Morgan fingerprint density at radius 1 is 0.941 bits per heavy atom. The second-order valence-corrected chi connectivity index (χ2v) is 3.65. The first kappa shape index (κ1) is 16.2. The predicted octanol–water partition coefficient (Wildman–Crippen LogP) is 0.994. The summed E-state index contributed by atoms with van der Waals surface area (Å²) in [6.45, 7) is 5.56. The maximum absolute atomic E-state index is 11.3. The van der Waals surface area contributed by atoms with Crippen LogP contribution in [0.3, 0.4) is 0 Å². The monoisotopic (exact) mass is 246 g/mol. The molecule has 0 radical (unpaired) electrons. The van der Waals surface area contributed by atoms with Gasteiger partial charge in [-0.1, -0.05) is 0 Å².